The predicted molar refractivity (Wildman–Crippen MR) is 86.1 cm³/mol. The quantitative estimate of drug-likeness (QED) is 0.677. The van der Waals surface area contributed by atoms with Crippen LogP contribution in [0.25, 0.3) is 0 Å². The van der Waals surface area contributed by atoms with Crippen LogP contribution in [0.2, 0.25) is 0 Å². The predicted octanol–water partition coefficient (Wildman–Crippen LogP) is 4.63. The second kappa shape index (κ2) is 7.30. The molecule has 0 bridgehead atoms. The highest BCUT2D eigenvalue weighted by atomic mass is 79.9. The van der Waals surface area contributed by atoms with Crippen LogP contribution in [0.3, 0.4) is 0 Å². The van der Waals surface area contributed by atoms with Gasteiger partial charge in [0.15, 0.2) is 0 Å². The number of hydrogen-bond donors (Lipinski definition) is 0. The first-order chi connectivity index (χ1) is 9.67. The van der Waals surface area contributed by atoms with Crippen LogP contribution >= 0.6 is 15.9 Å². The van der Waals surface area contributed by atoms with Crippen molar-refractivity contribution in [2.45, 2.75) is 58.4 Å². The van der Waals surface area contributed by atoms with Gasteiger partial charge < -0.3 is 9.47 Å². The lowest BCUT2D eigenvalue weighted by atomic mass is 10.2. The third kappa shape index (κ3) is 3.87. The van der Waals surface area contributed by atoms with Gasteiger partial charge in [0.2, 0.25) is 0 Å². The molecule has 1 fully saturated rings. The molecule has 1 aliphatic rings. The van der Waals surface area contributed by atoms with E-state index in [0.717, 1.165) is 48.9 Å². The van der Waals surface area contributed by atoms with E-state index < -0.39 is 0 Å². The number of nitrogens with zero attached hydrogens (tertiary/aromatic N) is 2. The summed E-state index contributed by atoms with van der Waals surface area (Å²) >= 11 is 3.51. The van der Waals surface area contributed by atoms with Crippen LogP contribution in [0, 0.1) is 0 Å². The number of halogens is 1. The lowest BCUT2D eigenvalue weighted by molar-refractivity contribution is 0.0740. The van der Waals surface area contributed by atoms with Gasteiger partial charge >= 0.3 is 0 Å². The van der Waals surface area contributed by atoms with Crippen LogP contribution in [0.1, 0.15) is 68.9 Å². The molecule has 3 nitrogen and oxygen atoms in total. The van der Waals surface area contributed by atoms with E-state index in [9.17, 15) is 4.79 Å². The first kappa shape index (κ1) is 15.6. The number of aromatic nitrogens is 1. The highest BCUT2D eigenvalue weighted by Gasteiger charge is 2.29. The van der Waals surface area contributed by atoms with Crippen molar-refractivity contribution in [2.75, 3.05) is 13.1 Å². The zero-order chi connectivity index (χ0) is 14.5. The average Bonchev–Trinajstić information content (AvgIpc) is 3.21. The minimum absolute atomic E-state index is 0.199. The SMILES string of the molecule is CCCCN(CCCC)C(=O)c1cc(Br)cn1C1CC1. The number of hydrogen-bond acceptors (Lipinski definition) is 1. The van der Waals surface area contributed by atoms with E-state index in [2.05, 4.69) is 40.5 Å². The molecule has 1 amide bonds. The topological polar surface area (TPSA) is 25.2 Å². The van der Waals surface area contributed by atoms with Gasteiger partial charge in [0.25, 0.3) is 5.91 Å². The van der Waals surface area contributed by atoms with Gasteiger partial charge in [-0.3, -0.25) is 4.79 Å². The Morgan fingerprint density at radius 3 is 2.40 bits per heavy atom. The summed E-state index contributed by atoms with van der Waals surface area (Å²) in [6.45, 7) is 6.10. The molecule has 0 aromatic carbocycles. The van der Waals surface area contributed by atoms with Gasteiger partial charge in [-0.1, -0.05) is 26.7 Å². The summed E-state index contributed by atoms with van der Waals surface area (Å²) in [4.78, 5) is 14.8. The van der Waals surface area contributed by atoms with Crippen molar-refractivity contribution in [1.29, 1.82) is 0 Å². The molecule has 20 heavy (non-hydrogen) atoms. The van der Waals surface area contributed by atoms with E-state index >= 15 is 0 Å². The number of carbonyl (C=O) groups is 1. The van der Waals surface area contributed by atoms with Gasteiger partial charge in [-0.2, -0.15) is 0 Å². The molecular formula is C16H25BrN2O. The lowest BCUT2D eigenvalue weighted by Gasteiger charge is -2.23. The van der Waals surface area contributed by atoms with E-state index in [1.165, 1.54) is 12.8 Å². The summed E-state index contributed by atoms with van der Waals surface area (Å²) in [7, 11) is 0. The van der Waals surface area contributed by atoms with Crippen LogP contribution < -0.4 is 0 Å². The highest BCUT2D eigenvalue weighted by Crippen LogP contribution is 2.37. The molecule has 1 aromatic heterocycles. The zero-order valence-electron chi connectivity index (χ0n) is 12.6. The standard InChI is InChI=1S/C16H25BrN2O/c1-3-5-9-18(10-6-4-2)16(20)15-11-13(17)12-19(15)14-7-8-14/h11-12,14H,3-10H2,1-2H3. The van der Waals surface area contributed by atoms with Crippen molar-refractivity contribution >= 4 is 21.8 Å². The molecule has 0 spiro atoms. The Morgan fingerprint density at radius 2 is 1.90 bits per heavy atom. The van der Waals surface area contributed by atoms with Crippen LogP contribution in [-0.2, 0) is 0 Å². The Balaban J connectivity index is 2.12. The van der Waals surface area contributed by atoms with Crippen LogP contribution in [0.4, 0.5) is 0 Å². The molecule has 0 aliphatic heterocycles. The lowest BCUT2D eigenvalue weighted by Crippen LogP contribution is -2.34. The normalized spacial score (nSPS) is 14.6. The molecule has 1 aliphatic carbocycles. The van der Waals surface area contributed by atoms with Crippen LogP contribution in [-0.4, -0.2) is 28.5 Å². The van der Waals surface area contributed by atoms with Gasteiger partial charge in [-0.15, -0.1) is 0 Å². The smallest absolute Gasteiger partial charge is 0.270 e. The van der Waals surface area contributed by atoms with Crippen molar-refractivity contribution in [3.63, 3.8) is 0 Å². The molecule has 112 valence electrons. The van der Waals surface area contributed by atoms with Gasteiger partial charge in [-0.05, 0) is 47.7 Å². The minimum atomic E-state index is 0.199. The molecule has 1 heterocycles. The molecule has 4 heteroatoms. The van der Waals surface area contributed by atoms with Crippen molar-refractivity contribution in [3.8, 4) is 0 Å². The Morgan fingerprint density at radius 1 is 1.30 bits per heavy atom. The second-order valence-corrected chi connectivity index (χ2v) is 6.60. The molecular weight excluding hydrogens is 316 g/mol. The summed E-state index contributed by atoms with van der Waals surface area (Å²) in [5, 5.41) is 0. The molecule has 2 rings (SSSR count). The average molecular weight is 341 g/mol. The number of carbonyl (C=O) groups excluding carboxylic acids is 1. The summed E-state index contributed by atoms with van der Waals surface area (Å²) in [5.41, 5.74) is 0.853. The third-order valence-electron chi connectivity index (χ3n) is 3.82. The number of amides is 1. The summed E-state index contributed by atoms with van der Waals surface area (Å²) in [6.07, 6.45) is 8.88. The van der Waals surface area contributed by atoms with Gasteiger partial charge in [-0.25, -0.2) is 0 Å². The third-order valence-corrected chi connectivity index (χ3v) is 4.26. The first-order valence-corrected chi connectivity index (χ1v) is 8.63. The number of unbranched alkanes of at least 4 members (excludes halogenated alkanes) is 2. The Kier molecular flexibility index (Phi) is 5.70. The maximum atomic E-state index is 12.8. The second-order valence-electron chi connectivity index (χ2n) is 5.68. The van der Waals surface area contributed by atoms with E-state index in [-0.39, 0.29) is 5.91 Å². The van der Waals surface area contributed by atoms with E-state index in [4.69, 9.17) is 0 Å². The zero-order valence-corrected chi connectivity index (χ0v) is 14.2. The fourth-order valence-corrected chi connectivity index (χ4v) is 2.88. The van der Waals surface area contributed by atoms with Crippen molar-refractivity contribution in [2.24, 2.45) is 0 Å². The molecule has 0 N–H and O–H groups in total. The molecule has 0 saturated heterocycles. The van der Waals surface area contributed by atoms with Crippen molar-refractivity contribution in [1.82, 2.24) is 9.47 Å². The Bertz CT molecular complexity index is 443. The van der Waals surface area contributed by atoms with E-state index in [1.54, 1.807) is 0 Å². The first-order valence-electron chi connectivity index (χ1n) is 7.84. The van der Waals surface area contributed by atoms with Gasteiger partial charge in [0.1, 0.15) is 5.69 Å². The van der Waals surface area contributed by atoms with Gasteiger partial charge in [0.05, 0.1) is 0 Å². The van der Waals surface area contributed by atoms with Crippen molar-refractivity contribution < 1.29 is 4.79 Å². The van der Waals surface area contributed by atoms with Crippen molar-refractivity contribution in [3.05, 3.63) is 22.4 Å². The maximum absolute atomic E-state index is 12.8. The molecule has 1 saturated carbocycles. The summed E-state index contributed by atoms with van der Waals surface area (Å²) in [6, 6.07) is 2.52. The Hall–Kier alpha value is -0.770. The fourth-order valence-electron chi connectivity index (χ4n) is 2.45. The monoisotopic (exact) mass is 340 g/mol. The maximum Gasteiger partial charge on any atom is 0.270 e. The molecule has 1 aromatic rings. The summed E-state index contributed by atoms with van der Waals surface area (Å²) < 4.78 is 3.18. The Labute approximate surface area is 130 Å². The van der Waals surface area contributed by atoms with E-state index in [1.807, 2.05) is 11.0 Å². The van der Waals surface area contributed by atoms with Gasteiger partial charge in [0, 0.05) is 29.8 Å². The minimum Gasteiger partial charge on any atom is -0.339 e. The largest absolute Gasteiger partial charge is 0.339 e. The molecule has 0 unspecified atom stereocenters. The van der Waals surface area contributed by atoms with E-state index in [0.29, 0.717) is 6.04 Å². The molecule has 0 radical (unpaired) electrons. The van der Waals surface area contributed by atoms with Crippen LogP contribution in [0.15, 0.2) is 16.7 Å². The molecule has 0 atom stereocenters. The fraction of sp³-hybridized carbons (Fsp3) is 0.688. The summed E-state index contributed by atoms with van der Waals surface area (Å²) in [5.74, 6) is 0.199. The van der Waals surface area contributed by atoms with Crippen LogP contribution in [0.5, 0.6) is 0 Å². The highest BCUT2D eigenvalue weighted by molar-refractivity contribution is 9.10. The number of rotatable bonds is 8.